The Kier molecular flexibility index (Phi) is 3.47. The van der Waals surface area contributed by atoms with Crippen molar-refractivity contribution in [2.24, 2.45) is 0 Å². The summed E-state index contributed by atoms with van der Waals surface area (Å²) in [5, 5.41) is 5.72. The molecule has 0 unspecified atom stereocenters. The lowest BCUT2D eigenvalue weighted by atomic mass is 9.98. The molecule has 0 aliphatic carbocycles. The van der Waals surface area contributed by atoms with Gasteiger partial charge in [-0.1, -0.05) is 47.0 Å². The first-order valence-electron chi connectivity index (χ1n) is 6.10. The molecule has 0 aliphatic rings. The molecular formula is C15H9F3N2S. The van der Waals surface area contributed by atoms with Gasteiger partial charge in [-0.05, 0) is 28.7 Å². The van der Waals surface area contributed by atoms with Gasteiger partial charge in [-0.2, -0.15) is 13.2 Å². The quantitative estimate of drug-likeness (QED) is 0.673. The number of alkyl halides is 3. The van der Waals surface area contributed by atoms with Crippen molar-refractivity contribution in [2.45, 2.75) is 6.18 Å². The summed E-state index contributed by atoms with van der Waals surface area (Å²) in [4.78, 5) is 0. The van der Waals surface area contributed by atoms with Crippen LogP contribution in [0.3, 0.4) is 0 Å². The van der Waals surface area contributed by atoms with E-state index in [2.05, 4.69) is 9.59 Å². The van der Waals surface area contributed by atoms with Crippen molar-refractivity contribution >= 4 is 11.5 Å². The van der Waals surface area contributed by atoms with Gasteiger partial charge in [-0.15, -0.1) is 5.10 Å². The normalized spacial score (nSPS) is 11.6. The fourth-order valence-corrected chi connectivity index (χ4v) is 2.56. The third-order valence-corrected chi connectivity index (χ3v) is 3.59. The minimum atomic E-state index is -4.37. The molecule has 0 atom stereocenters. The van der Waals surface area contributed by atoms with Crippen molar-refractivity contribution in [1.82, 2.24) is 9.59 Å². The minimum Gasteiger partial charge on any atom is -0.166 e. The van der Waals surface area contributed by atoms with Crippen molar-refractivity contribution in [3.05, 3.63) is 59.5 Å². The molecule has 2 nitrogen and oxygen atoms in total. The highest BCUT2D eigenvalue weighted by molar-refractivity contribution is 7.03. The van der Waals surface area contributed by atoms with Gasteiger partial charge >= 0.3 is 6.18 Å². The van der Waals surface area contributed by atoms with Crippen LogP contribution in [-0.2, 0) is 6.18 Å². The van der Waals surface area contributed by atoms with E-state index < -0.39 is 11.7 Å². The second kappa shape index (κ2) is 5.29. The van der Waals surface area contributed by atoms with Crippen molar-refractivity contribution in [3.63, 3.8) is 0 Å². The SMILES string of the molecule is FC(F)(F)c1ccccc1-c1ccc(-c2csnn2)cc1. The maximum absolute atomic E-state index is 13.0. The molecule has 0 bridgehead atoms. The van der Waals surface area contributed by atoms with Crippen LogP contribution in [0.5, 0.6) is 0 Å². The second-order valence-corrected chi connectivity index (χ2v) is 5.02. The molecule has 0 fully saturated rings. The number of hydrogen-bond acceptors (Lipinski definition) is 3. The fourth-order valence-electron chi connectivity index (χ4n) is 2.09. The Morgan fingerprint density at radius 3 is 2.14 bits per heavy atom. The average molecular weight is 306 g/mol. The molecule has 0 saturated heterocycles. The van der Waals surface area contributed by atoms with Crippen LogP contribution in [0.1, 0.15) is 5.56 Å². The molecule has 0 N–H and O–H groups in total. The third-order valence-electron chi connectivity index (χ3n) is 3.08. The van der Waals surface area contributed by atoms with Crippen molar-refractivity contribution in [1.29, 1.82) is 0 Å². The van der Waals surface area contributed by atoms with Gasteiger partial charge < -0.3 is 0 Å². The highest BCUT2D eigenvalue weighted by Gasteiger charge is 2.33. The number of halogens is 3. The maximum Gasteiger partial charge on any atom is 0.417 e. The Morgan fingerprint density at radius 2 is 1.52 bits per heavy atom. The van der Waals surface area contributed by atoms with Gasteiger partial charge in [-0.25, -0.2) is 0 Å². The second-order valence-electron chi connectivity index (χ2n) is 4.41. The molecule has 0 aliphatic heterocycles. The minimum absolute atomic E-state index is 0.174. The molecule has 0 radical (unpaired) electrons. The van der Waals surface area contributed by atoms with Crippen LogP contribution in [0.25, 0.3) is 22.4 Å². The van der Waals surface area contributed by atoms with Crippen LogP contribution in [-0.4, -0.2) is 9.59 Å². The predicted molar refractivity (Wildman–Crippen MR) is 75.8 cm³/mol. The van der Waals surface area contributed by atoms with Gasteiger partial charge in [0.1, 0.15) is 5.69 Å². The molecule has 0 spiro atoms. The van der Waals surface area contributed by atoms with Crippen LogP contribution in [0, 0.1) is 0 Å². The molecule has 1 aromatic heterocycles. The number of aromatic nitrogens is 2. The smallest absolute Gasteiger partial charge is 0.166 e. The molecule has 6 heteroatoms. The predicted octanol–water partition coefficient (Wildman–Crippen LogP) is 4.89. The Morgan fingerprint density at radius 1 is 0.857 bits per heavy atom. The van der Waals surface area contributed by atoms with Crippen LogP contribution in [0.2, 0.25) is 0 Å². The van der Waals surface area contributed by atoms with Crippen LogP contribution >= 0.6 is 11.5 Å². The monoisotopic (exact) mass is 306 g/mol. The summed E-state index contributed by atoms with van der Waals surface area (Å²) in [6, 6.07) is 12.4. The molecule has 2 aromatic carbocycles. The lowest BCUT2D eigenvalue weighted by Gasteiger charge is -2.12. The highest BCUT2D eigenvalue weighted by atomic mass is 32.1. The van der Waals surface area contributed by atoms with E-state index in [1.165, 1.54) is 23.7 Å². The number of benzene rings is 2. The maximum atomic E-state index is 13.0. The Hall–Kier alpha value is -2.21. The summed E-state index contributed by atoms with van der Waals surface area (Å²) in [6.45, 7) is 0. The van der Waals surface area contributed by atoms with Gasteiger partial charge in [0.2, 0.25) is 0 Å². The Balaban J connectivity index is 2.02. The first-order chi connectivity index (χ1) is 10.1. The van der Waals surface area contributed by atoms with E-state index in [4.69, 9.17) is 0 Å². The molecule has 0 amide bonds. The lowest BCUT2D eigenvalue weighted by Crippen LogP contribution is -2.06. The standard InChI is InChI=1S/C15H9F3N2S/c16-15(17,18)13-4-2-1-3-12(13)10-5-7-11(8-6-10)14-9-21-20-19-14/h1-9H. The van der Waals surface area contributed by atoms with E-state index in [1.54, 1.807) is 35.7 Å². The zero-order valence-electron chi connectivity index (χ0n) is 10.6. The lowest BCUT2D eigenvalue weighted by molar-refractivity contribution is -0.137. The van der Waals surface area contributed by atoms with Gasteiger partial charge in [0.05, 0.1) is 5.56 Å². The van der Waals surface area contributed by atoms with Crippen LogP contribution < -0.4 is 0 Å². The van der Waals surface area contributed by atoms with Crippen LogP contribution in [0.4, 0.5) is 13.2 Å². The van der Waals surface area contributed by atoms with E-state index in [9.17, 15) is 13.2 Å². The summed E-state index contributed by atoms with van der Waals surface area (Å²) < 4.78 is 42.8. The van der Waals surface area contributed by atoms with Crippen molar-refractivity contribution < 1.29 is 13.2 Å². The molecule has 1 heterocycles. The number of nitrogens with zero attached hydrogens (tertiary/aromatic N) is 2. The first kappa shape index (κ1) is 13.8. The topological polar surface area (TPSA) is 25.8 Å². The average Bonchev–Trinajstić information content (AvgIpc) is 3.01. The van der Waals surface area contributed by atoms with E-state index in [0.717, 1.165) is 17.3 Å². The van der Waals surface area contributed by atoms with Gasteiger partial charge in [-0.3, -0.25) is 0 Å². The Labute approximate surface area is 123 Å². The summed E-state index contributed by atoms with van der Waals surface area (Å²) in [5.41, 5.74) is 1.61. The Bertz CT molecular complexity index is 734. The molecule has 3 aromatic rings. The molecule has 3 rings (SSSR count). The van der Waals surface area contributed by atoms with E-state index >= 15 is 0 Å². The van der Waals surface area contributed by atoms with Crippen LogP contribution in [0.15, 0.2) is 53.9 Å². The number of rotatable bonds is 2. The summed E-state index contributed by atoms with van der Waals surface area (Å²) in [5.74, 6) is 0. The zero-order chi connectivity index (χ0) is 14.9. The van der Waals surface area contributed by atoms with Gasteiger partial charge in [0.15, 0.2) is 0 Å². The number of hydrogen-bond donors (Lipinski definition) is 0. The van der Waals surface area contributed by atoms with E-state index in [-0.39, 0.29) is 5.56 Å². The molecule has 0 saturated carbocycles. The first-order valence-corrected chi connectivity index (χ1v) is 6.93. The van der Waals surface area contributed by atoms with E-state index in [0.29, 0.717) is 5.56 Å². The van der Waals surface area contributed by atoms with Gasteiger partial charge in [0, 0.05) is 10.9 Å². The summed E-state index contributed by atoms with van der Waals surface area (Å²) in [6.07, 6.45) is -4.37. The van der Waals surface area contributed by atoms with Crippen molar-refractivity contribution in [3.8, 4) is 22.4 Å². The summed E-state index contributed by atoms with van der Waals surface area (Å²) in [7, 11) is 0. The molecular weight excluding hydrogens is 297 g/mol. The highest BCUT2D eigenvalue weighted by Crippen LogP contribution is 2.37. The molecule has 21 heavy (non-hydrogen) atoms. The largest absolute Gasteiger partial charge is 0.417 e. The zero-order valence-corrected chi connectivity index (χ0v) is 11.4. The van der Waals surface area contributed by atoms with E-state index in [1.807, 2.05) is 0 Å². The third kappa shape index (κ3) is 2.80. The van der Waals surface area contributed by atoms with Gasteiger partial charge in [0.25, 0.3) is 0 Å². The summed E-state index contributed by atoms with van der Waals surface area (Å²) >= 11 is 1.23. The van der Waals surface area contributed by atoms with Crippen molar-refractivity contribution in [2.75, 3.05) is 0 Å². The molecule has 106 valence electrons. The fraction of sp³-hybridized carbons (Fsp3) is 0.0667.